The molecule has 1 aliphatic heterocycles. The molecule has 0 aromatic heterocycles. The monoisotopic (exact) mass is 242 g/mol. The molecule has 1 heterocycles. The van der Waals surface area contributed by atoms with Crippen molar-refractivity contribution in [2.45, 2.75) is 52.1 Å². The molecule has 3 heteroatoms. The van der Waals surface area contributed by atoms with Gasteiger partial charge in [0.1, 0.15) is 0 Å². The molecule has 3 nitrogen and oxygen atoms in total. The van der Waals surface area contributed by atoms with Crippen LogP contribution in [0.4, 0.5) is 0 Å². The Hall–Kier alpha value is -0.120. The summed E-state index contributed by atoms with van der Waals surface area (Å²) in [6, 6.07) is 1.14. The van der Waals surface area contributed by atoms with E-state index in [1.165, 1.54) is 25.8 Å². The van der Waals surface area contributed by atoms with Crippen molar-refractivity contribution in [1.29, 1.82) is 0 Å². The first kappa shape index (κ1) is 14.9. The van der Waals surface area contributed by atoms with E-state index < -0.39 is 0 Å². The minimum atomic E-state index is 0.472. The summed E-state index contributed by atoms with van der Waals surface area (Å²) in [4.78, 5) is 2.63. The van der Waals surface area contributed by atoms with Crippen molar-refractivity contribution < 1.29 is 4.74 Å². The van der Waals surface area contributed by atoms with E-state index in [0.717, 1.165) is 19.1 Å². The largest absolute Gasteiger partial charge is 0.384 e. The predicted octanol–water partition coefficient (Wildman–Crippen LogP) is 2.11. The van der Waals surface area contributed by atoms with Gasteiger partial charge in [0.2, 0.25) is 0 Å². The number of piperidine rings is 1. The summed E-state index contributed by atoms with van der Waals surface area (Å²) < 4.78 is 5.28. The summed E-state index contributed by atoms with van der Waals surface area (Å²) in [5, 5.41) is 0. The van der Waals surface area contributed by atoms with Gasteiger partial charge in [0, 0.05) is 32.3 Å². The molecule has 17 heavy (non-hydrogen) atoms. The van der Waals surface area contributed by atoms with Gasteiger partial charge >= 0.3 is 0 Å². The molecule has 0 spiro atoms. The van der Waals surface area contributed by atoms with Crippen LogP contribution in [-0.2, 0) is 4.74 Å². The lowest BCUT2D eigenvalue weighted by Gasteiger charge is -2.44. The number of likely N-dealkylation sites (tertiary alicyclic amines) is 1. The molecule has 102 valence electrons. The van der Waals surface area contributed by atoms with Crippen molar-refractivity contribution in [1.82, 2.24) is 4.90 Å². The maximum absolute atomic E-state index is 5.99. The highest BCUT2D eigenvalue weighted by Gasteiger charge is 2.31. The number of hydrogen-bond acceptors (Lipinski definition) is 3. The highest BCUT2D eigenvalue weighted by atomic mass is 16.5. The van der Waals surface area contributed by atoms with Crippen molar-refractivity contribution >= 4 is 0 Å². The van der Waals surface area contributed by atoms with Crippen LogP contribution in [-0.4, -0.2) is 43.8 Å². The van der Waals surface area contributed by atoms with Crippen molar-refractivity contribution in [2.75, 3.05) is 26.8 Å². The van der Waals surface area contributed by atoms with Crippen molar-refractivity contribution in [3.05, 3.63) is 0 Å². The van der Waals surface area contributed by atoms with Crippen LogP contribution >= 0.6 is 0 Å². The maximum Gasteiger partial charge on any atom is 0.0503 e. The summed E-state index contributed by atoms with van der Waals surface area (Å²) in [7, 11) is 1.78. The second-order valence-electron chi connectivity index (χ2n) is 5.63. The van der Waals surface area contributed by atoms with E-state index >= 15 is 0 Å². The Morgan fingerprint density at radius 1 is 1.41 bits per heavy atom. The molecule has 0 aromatic rings. The Kier molecular flexibility index (Phi) is 6.45. The minimum absolute atomic E-state index is 0.472. The third-order valence-electron chi connectivity index (χ3n) is 4.36. The zero-order valence-electron chi connectivity index (χ0n) is 12.0. The smallest absolute Gasteiger partial charge is 0.0503 e. The number of methoxy groups -OCH3 is 1. The van der Waals surface area contributed by atoms with Crippen LogP contribution < -0.4 is 5.73 Å². The molecule has 0 aromatic carbocycles. The van der Waals surface area contributed by atoms with Crippen LogP contribution in [0.2, 0.25) is 0 Å². The van der Waals surface area contributed by atoms with Gasteiger partial charge in [0.15, 0.2) is 0 Å². The van der Waals surface area contributed by atoms with E-state index in [1.54, 1.807) is 7.11 Å². The molecule has 1 fully saturated rings. The number of ether oxygens (including phenoxy) is 1. The lowest BCUT2D eigenvalue weighted by Crippen LogP contribution is -2.53. The van der Waals surface area contributed by atoms with Crippen molar-refractivity contribution in [2.24, 2.45) is 17.6 Å². The highest BCUT2D eigenvalue weighted by Crippen LogP contribution is 2.27. The average molecular weight is 242 g/mol. The average Bonchev–Trinajstić information content (AvgIpc) is 2.33. The van der Waals surface area contributed by atoms with Crippen molar-refractivity contribution in [3.8, 4) is 0 Å². The number of nitrogens with zero attached hydrogens (tertiary/aromatic N) is 1. The number of hydrogen-bond donors (Lipinski definition) is 1. The zero-order chi connectivity index (χ0) is 12.8. The lowest BCUT2D eigenvalue weighted by atomic mass is 9.88. The lowest BCUT2D eigenvalue weighted by molar-refractivity contribution is 0.0256. The minimum Gasteiger partial charge on any atom is -0.384 e. The molecule has 0 saturated carbocycles. The first-order chi connectivity index (χ1) is 8.13. The SMILES string of the molecule is CCC1CCC(C)N(C(CN)C(C)COC)C1. The van der Waals surface area contributed by atoms with E-state index in [9.17, 15) is 0 Å². The summed E-state index contributed by atoms with van der Waals surface area (Å²) in [6.45, 7) is 9.66. The van der Waals surface area contributed by atoms with E-state index in [0.29, 0.717) is 18.0 Å². The third-order valence-corrected chi connectivity index (χ3v) is 4.36. The molecule has 0 radical (unpaired) electrons. The zero-order valence-corrected chi connectivity index (χ0v) is 12.0. The predicted molar refractivity (Wildman–Crippen MR) is 73.1 cm³/mol. The Morgan fingerprint density at radius 3 is 2.65 bits per heavy atom. The summed E-state index contributed by atoms with van der Waals surface area (Å²) in [5.74, 6) is 1.37. The Labute approximate surface area is 107 Å². The summed E-state index contributed by atoms with van der Waals surface area (Å²) >= 11 is 0. The van der Waals surface area contributed by atoms with E-state index in [-0.39, 0.29) is 0 Å². The summed E-state index contributed by atoms with van der Waals surface area (Å²) in [6.07, 6.45) is 3.98. The first-order valence-electron chi connectivity index (χ1n) is 7.08. The second kappa shape index (κ2) is 7.34. The van der Waals surface area contributed by atoms with Crippen LogP contribution in [0.1, 0.15) is 40.0 Å². The van der Waals surface area contributed by atoms with E-state index in [1.807, 2.05) is 0 Å². The van der Waals surface area contributed by atoms with Crippen LogP contribution in [0.25, 0.3) is 0 Å². The fourth-order valence-corrected chi connectivity index (χ4v) is 3.08. The van der Waals surface area contributed by atoms with Gasteiger partial charge in [-0.2, -0.15) is 0 Å². The molecule has 4 unspecified atom stereocenters. The van der Waals surface area contributed by atoms with Gasteiger partial charge in [-0.1, -0.05) is 20.3 Å². The fraction of sp³-hybridized carbons (Fsp3) is 1.00. The molecule has 0 amide bonds. The van der Waals surface area contributed by atoms with Gasteiger partial charge in [0.25, 0.3) is 0 Å². The Bertz CT molecular complexity index is 210. The molecule has 0 bridgehead atoms. The van der Waals surface area contributed by atoms with Gasteiger partial charge < -0.3 is 10.5 Å². The Balaban J connectivity index is 2.64. The van der Waals surface area contributed by atoms with Crippen LogP contribution in [0.3, 0.4) is 0 Å². The second-order valence-corrected chi connectivity index (χ2v) is 5.63. The molecular weight excluding hydrogens is 212 g/mol. The fourth-order valence-electron chi connectivity index (χ4n) is 3.08. The standard InChI is InChI=1S/C14H30N2O/c1-5-13-7-6-12(3)16(9-13)14(8-15)11(2)10-17-4/h11-14H,5-10,15H2,1-4H3. The van der Waals surface area contributed by atoms with Gasteiger partial charge in [-0.15, -0.1) is 0 Å². The molecule has 2 N–H and O–H groups in total. The molecule has 1 rings (SSSR count). The van der Waals surface area contributed by atoms with Gasteiger partial charge in [-0.25, -0.2) is 0 Å². The van der Waals surface area contributed by atoms with E-state index in [4.69, 9.17) is 10.5 Å². The molecular formula is C14H30N2O. The van der Waals surface area contributed by atoms with Gasteiger partial charge in [-0.05, 0) is 31.6 Å². The highest BCUT2D eigenvalue weighted by molar-refractivity contribution is 4.86. The number of rotatable bonds is 6. The maximum atomic E-state index is 5.99. The van der Waals surface area contributed by atoms with Gasteiger partial charge in [-0.3, -0.25) is 4.90 Å². The normalized spacial score (nSPS) is 30.2. The molecule has 0 aliphatic carbocycles. The number of nitrogens with two attached hydrogens (primary N) is 1. The van der Waals surface area contributed by atoms with E-state index in [2.05, 4.69) is 25.7 Å². The van der Waals surface area contributed by atoms with Crippen molar-refractivity contribution in [3.63, 3.8) is 0 Å². The van der Waals surface area contributed by atoms with Crippen LogP contribution in [0.5, 0.6) is 0 Å². The molecule has 1 saturated heterocycles. The topological polar surface area (TPSA) is 38.5 Å². The molecule has 4 atom stereocenters. The quantitative estimate of drug-likeness (QED) is 0.775. The molecule has 1 aliphatic rings. The third kappa shape index (κ3) is 3.94. The first-order valence-corrected chi connectivity index (χ1v) is 7.08. The summed E-state index contributed by atoms with van der Waals surface area (Å²) in [5.41, 5.74) is 5.99. The van der Waals surface area contributed by atoms with Crippen LogP contribution in [0.15, 0.2) is 0 Å². The van der Waals surface area contributed by atoms with Gasteiger partial charge in [0.05, 0.1) is 6.61 Å². The van der Waals surface area contributed by atoms with Crippen LogP contribution in [0, 0.1) is 11.8 Å². The Morgan fingerprint density at radius 2 is 2.12 bits per heavy atom.